The van der Waals surface area contributed by atoms with Gasteiger partial charge in [0.15, 0.2) is 0 Å². The Bertz CT molecular complexity index is 843. The summed E-state index contributed by atoms with van der Waals surface area (Å²) >= 11 is 0. The molecule has 0 radical (unpaired) electrons. The number of nitrogens with one attached hydrogen (secondary N) is 3. The first-order chi connectivity index (χ1) is 11.2. The van der Waals surface area contributed by atoms with Crippen LogP contribution in [-0.4, -0.2) is 34.2 Å². The van der Waals surface area contributed by atoms with Crippen LogP contribution in [-0.2, 0) is 0 Å². The van der Waals surface area contributed by atoms with Crippen LogP contribution >= 0.6 is 0 Å². The molecular weight excluding hydrogens is 294 g/mol. The third kappa shape index (κ3) is 3.01. The molecule has 7 heteroatoms. The molecule has 0 aliphatic carbocycles. The minimum Gasteiger partial charge on any atom is -0.376 e. The van der Waals surface area contributed by atoms with Crippen molar-refractivity contribution in [1.82, 2.24) is 20.1 Å². The number of fused-ring (bicyclic) bond motifs is 1. The summed E-state index contributed by atoms with van der Waals surface area (Å²) in [5.41, 5.74) is 9.92. The minimum atomic E-state index is -0.394. The number of aromatic nitrogens is 2. The van der Waals surface area contributed by atoms with Gasteiger partial charge in [-0.2, -0.15) is 0 Å². The largest absolute Gasteiger partial charge is 0.376 e. The molecule has 2 heterocycles. The summed E-state index contributed by atoms with van der Waals surface area (Å²) in [6, 6.07) is 11.3. The van der Waals surface area contributed by atoms with Crippen LogP contribution < -0.4 is 16.2 Å². The average Bonchev–Trinajstić information content (AvgIpc) is 2.99. The lowest BCUT2D eigenvalue weighted by Crippen LogP contribution is -2.24. The van der Waals surface area contributed by atoms with Gasteiger partial charge >= 0.3 is 0 Å². The number of aliphatic hydroxyl groups excluding tert-OH is 1. The summed E-state index contributed by atoms with van der Waals surface area (Å²) in [6.07, 6.45) is 3.56. The average molecular weight is 311 g/mol. The molecule has 0 atom stereocenters. The van der Waals surface area contributed by atoms with Gasteiger partial charge in [0, 0.05) is 30.1 Å². The molecule has 7 nitrogen and oxygen atoms in total. The van der Waals surface area contributed by atoms with Crippen LogP contribution in [0.25, 0.3) is 16.9 Å². The van der Waals surface area contributed by atoms with E-state index >= 15 is 0 Å². The summed E-state index contributed by atoms with van der Waals surface area (Å²) < 4.78 is 1.91. The molecule has 3 rings (SSSR count). The molecule has 0 saturated carbocycles. The van der Waals surface area contributed by atoms with Crippen LogP contribution in [0.4, 0.5) is 5.69 Å². The van der Waals surface area contributed by atoms with E-state index < -0.39 is 6.73 Å². The highest BCUT2D eigenvalue weighted by atomic mass is 16.3. The number of anilines is 1. The first-order valence-electron chi connectivity index (χ1n) is 7.12. The fourth-order valence-corrected chi connectivity index (χ4v) is 2.41. The van der Waals surface area contributed by atoms with Gasteiger partial charge in [0.25, 0.3) is 5.91 Å². The molecule has 0 aliphatic rings. The number of aliphatic hydroxyl groups is 1. The predicted octanol–water partition coefficient (Wildman–Crippen LogP) is 1.23. The van der Waals surface area contributed by atoms with E-state index in [1.165, 1.54) is 0 Å². The van der Waals surface area contributed by atoms with Crippen LogP contribution in [0.1, 0.15) is 10.4 Å². The van der Waals surface area contributed by atoms with Gasteiger partial charge in [-0.3, -0.25) is 9.20 Å². The van der Waals surface area contributed by atoms with E-state index in [-0.39, 0.29) is 5.91 Å². The molecule has 118 valence electrons. The lowest BCUT2D eigenvalue weighted by Gasteiger charge is -2.07. The number of hydrogen-bond donors (Lipinski definition) is 4. The number of amides is 1. The molecule has 0 fully saturated rings. The smallest absolute Gasteiger partial charge is 0.253 e. The van der Waals surface area contributed by atoms with Gasteiger partial charge in [-0.25, -0.2) is 10.4 Å². The van der Waals surface area contributed by atoms with Gasteiger partial charge < -0.3 is 15.8 Å². The Morgan fingerprint density at radius 2 is 2.17 bits per heavy atom. The van der Waals surface area contributed by atoms with Crippen LogP contribution in [0.15, 0.2) is 48.8 Å². The number of imidazole rings is 1. The molecule has 2 aromatic heterocycles. The Kier molecular flexibility index (Phi) is 4.22. The number of pyridine rings is 1. The van der Waals surface area contributed by atoms with Gasteiger partial charge in [0.05, 0.1) is 11.9 Å². The van der Waals surface area contributed by atoms with E-state index in [0.29, 0.717) is 11.2 Å². The lowest BCUT2D eigenvalue weighted by molar-refractivity contribution is 0.0910. The van der Waals surface area contributed by atoms with Crippen molar-refractivity contribution in [2.24, 2.45) is 0 Å². The molecule has 0 aliphatic heterocycles. The standard InChI is InChI=1S/C16H17N5O2/c1-17-20-13-4-2-3-11(7-13)14-9-18-15-8-12(5-6-21(14)15)16(23)19-10-22/h2-9,17,20,22H,10H2,1H3,(H,19,23). The van der Waals surface area contributed by atoms with Crippen molar-refractivity contribution in [3.05, 3.63) is 54.4 Å². The van der Waals surface area contributed by atoms with Gasteiger partial charge in [-0.05, 0) is 24.3 Å². The van der Waals surface area contributed by atoms with Gasteiger partial charge in [-0.15, -0.1) is 0 Å². The summed E-state index contributed by atoms with van der Waals surface area (Å²) in [4.78, 5) is 16.1. The topological polar surface area (TPSA) is 90.7 Å². The zero-order valence-corrected chi connectivity index (χ0v) is 12.6. The Hall–Kier alpha value is -2.90. The van der Waals surface area contributed by atoms with E-state index in [2.05, 4.69) is 21.2 Å². The van der Waals surface area contributed by atoms with Crippen molar-refractivity contribution in [2.75, 3.05) is 19.2 Å². The Labute approximate surface area is 132 Å². The minimum absolute atomic E-state index is 0.334. The van der Waals surface area contributed by atoms with Gasteiger partial charge in [-0.1, -0.05) is 12.1 Å². The quantitative estimate of drug-likeness (QED) is 0.420. The van der Waals surface area contributed by atoms with Crippen molar-refractivity contribution in [3.63, 3.8) is 0 Å². The number of benzene rings is 1. The number of carbonyl (C=O) groups excluding carboxylic acids is 1. The molecule has 1 aromatic carbocycles. The van der Waals surface area contributed by atoms with Gasteiger partial charge in [0.1, 0.15) is 12.4 Å². The first kappa shape index (κ1) is 15.0. The maximum absolute atomic E-state index is 11.8. The van der Waals surface area contributed by atoms with Crippen molar-refractivity contribution in [1.29, 1.82) is 0 Å². The predicted molar refractivity (Wildman–Crippen MR) is 87.9 cm³/mol. The number of carbonyl (C=O) groups is 1. The number of rotatable bonds is 5. The summed E-state index contributed by atoms with van der Waals surface area (Å²) in [6.45, 7) is -0.394. The lowest BCUT2D eigenvalue weighted by atomic mass is 10.1. The first-order valence-corrected chi connectivity index (χ1v) is 7.12. The van der Waals surface area contributed by atoms with E-state index in [0.717, 1.165) is 16.9 Å². The zero-order valence-electron chi connectivity index (χ0n) is 12.6. The summed E-state index contributed by atoms with van der Waals surface area (Å²) in [5.74, 6) is -0.334. The van der Waals surface area contributed by atoms with E-state index in [4.69, 9.17) is 5.11 Å². The number of hydrogen-bond acceptors (Lipinski definition) is 5. The SMILES string of the molecule is CNNc1cccc(-c2cnc3cc(C(=O)NCO)ccn23)c1. The van der Waals surface area contributed by atoms with Crippen molar-refractivity contribution in [3.8, 4) is 11.3 Å². The summed E-state index contributed by atoms with van der Waals surface area (Å²) in [7, 11) is 1.81. The zero-order chi connectivity index (χ0) is 16.2. The van der Waals surface area contributed by atoms with Crippen LogP contribution in [0.5, 0.6) is 0 Å². The molecule has 4 N–H and O–H groups in total. The molecular formula is C16H17N5O2. The molecule has 23 heavy (non-hydrogen) atoms. The normalized spacial score (nSPS) is 10.7. The van der Waals surface area contributed by atoms with Crippen molar-refractivity contribution in [2.45, 2.75) is 0 Å². The third-order valence-electron chi connectivity index (χ3n) is 3.44. The molecule has 3 aromatic rings. The highest BCUT2D eigenvalue weighted by molar-refractivity contribution is 5.95. The monoisotopic (exact) mass is 311 g/mol. The highest BCUT2D eigenvalue weighted by Crippen LogP contribution is 2.24. The van der Waals surface area contributed by atoms with Gasteiger partial charge in [0.2, 0.25) is 0 Å². The highest BCUT2D eigenvalue weighted by Gasteiger charge is 2.10. The number of hydrazine groups is 1. The Balaban J connectivity index is 2.00. The van der Waals surface area contributed by atoms with E-state index in [9.17, 15) is 4.79 Å². The molecule has 0 saturated heterocycles. The van der Waals surface area contributed by atoms with Crippen LogP contribution in [0, 0.1) is 0 Å². The second-order valence-electron chi connectivity index (χ2n) is 4.91. The second kappa shape index (κ2) is 6.47. The maximum Gasteiger partial charge on any atom is 0.253 e. The fourth-order valence-electron chi connectivity index (χ4n) is 2.41. The summed E-state index contributed by atoms with van der Waals surface area (Å²) in [5, 5.41) is 11.1. The molecule has 0 spiro atoms. The third-order valence-corrected chi connectivity index (χ3v) is 3.44. The van der Waals surface area contributed by atoms with Crippen LogP contribution in [0.3, 0.4) is 0 Å². The Morgan fingerprint density at radius 1 is 1.30 bits per heavy atom. The maximum atomic E-state index is 11.8. The van der Waals surface area contributed by atoms with E-state index in [1.54, 1.807) is 31.6 Å². The molecule has 0 bridgehead atoms. The number of nitrogens with zero attached hydrogens (tertiary/aromatic N) is 2. The second-order valence-corrected chi connectivity index (χ2v) is 4.91. The van der Waals surface area contributed by atoms with Crippen molar-refractivity contribution < 1.29 is 9.90 Å². The fraction of sp³-hybridized carbons (Fsp3) is 0.125. The molecule has 0 unspecified atom stereocenters. The molecule has 1 amide bonds. The Morgan fingerprint density at radius 3 is 2.96 bits per heavy atom. The van der Waals surface area contributed by atoms with Crippen molar-refractivity contribution >= 4 is 17.2 Å². The van der Waals surface area contributed by atoms with Crippen LogP contribution in [0.2, 0.25) is 0 Å². The van der Waals surface area contributed by atoms with E-state index in [1.807, 2.05) is 28.7 Å².